The Morgan fingerprint density at radius 3 is 2.39 bits per heavy atom. The summed E-state index contributed by atoms with van der Waals surface area (Å²) in [6.07, 6.45) is 1.47. The van der Waals surface area contributed by atoms with E-state index in [1.165, 1.54) is 22.2 Å². The first-order valence-electron chi connectivity index (χ1n) is 10.6. The van der Waals surface area contributed by atoms with Gasteiger partial charge in [-0.15, -0.1) is 11.3 Å². The maximum absolute atomic E-state index is 13.3. The molecule has 8 heteroatoms. The Bertz CT molecular complexity index is 1350. The minimum atomic E-state index is -0.483. The summed E-state index contributed by atoms with van der Waals surface area (Å²) in [5.74, 6) is -0.761. The lowest BCUT2D eigenvalue weighted by Crippen LogP contribution is -2.38. The van der Waals surface area contributed by atoms with Crippen LogP contribution >= 0.6 is 11.3 Å². The van der Waals surface area contributed by atoms with Gasteiger partial charge in [-0.2, -0.15) is 0 Å². The van der Waals surface area contributed by atoms with Gasteiger partial charge in [0.2, 0.25) is 11.8 Å². The Morgan fingerprint density at radius 2 is 1.73 bits per heavy atom. The molecule has 0 spiro atoms. The highest BCUT2D eigenvalue weighted by atomic mass is 32.1. The van der Waals surface area contributed by atoms with Crippen LogP contribution in [0.2, 0.25) is 0 Å². The van der Waals surface area contributed by atoms with Gasteiger partial charge in [-0.3, -0.25) is 19.0 Å². The van der Waals surface area contributed by atoms with Crippen LogP contribution in [0.5, 0.6) is 0 Å². The lowest BCUT2D eigenvalue weighted by molar-refractivity contribution is -0.133. The Kier molecular flexibility index (Phi) is 6.65. The van der Waals surface area contributed by atoms with E-state index in [1.807, 2.05) is 67.6 Å². The van der Waals surface area contributed by atoms with Gasteiger partial charge in [0.1, 0.15) is 11.4 Å². The van der Waals surface area contributed by atoms with Crippen LogP contribution in [-0.4, -0.2) is 32.8 Å². The quantitative estimate of drug-likeness (QED) is 0.436. The molecule has 2 heterocycles. The molecule has 2 N–H and O–H groups in total. The standard InChI is InChI=1S/C25H24N4O3S/c1-17-22-24(33-23(17)19-10-6-3-7-11-19)27-16-29(25(22)32)15-21(31)28(13-12-20(26)30)14-18-8-4-2-5-9-18/h2-11,16H,12-15H2,1H3,(H2,26,30). The number of carbonyl (C=O) groups is 2. The molecule has 0 fully saturated rings. The van der Waals surface area contributed by atoms with Gasteiger partial charge in [0.05, 0.1) is 11.7 Å². The third-order valence-electron chi connectivity index (χ3n) is 5.46. The molecular formula is C25H24N4O3S. The smallest absolute Gasteiger partial charge is 0.262 e. The highest BCUT2D eigenvalue weighted by Gasteiger charge is 2.19. The topological polar surface area (TPSA) is 98.3 Å². The number of hydrogen-bond acceptors (Lipinski definition) is 5. The monoisotopic (exact) mass is 460 g/mol. The van der Waals surface area contributed by atoms with E-state index in [0.29, 0.717) is 16.8 Å². The fourth-order valence-corrected chi connectivity index (χ4v) is 4.87. The fraction of sp³-hybridized carbons (Fsp3) is 0.200. The molecule has 0 saturated carbocycles. The van der Waals surface area contributed by atoms with Crippen molar-refractivity contribution in [1.29, 1.82) is 0 Å². The lowest BCUT2D eigenvalue weighted by atomic mass is 10.1. The van der Waals surface area contributed by atoms with Gasteiger partial charge >= 0.3 is 0 Å². The summed E-state index contributed by atoms with van der Waals surface area (Å²) in [7, 11) is 0. The molecule has 0 radical (unpaired) electrons. The van der Waals surface area contributed by atoms with Gasteiger partial charge in [0.25, 0.3) is 5.56 Å². The lowest BCUT2D eigenvalue weighted by Gasteiger charge is -2.22. The number of nitrogens with zero attached hydrogens (tertiary/aromatic N) is 3. The maximum atomic E-state index is 13.3. The van der Waals surface area contributed by atoms with Crippen LogP contribution in [0.4, 0.5) is 0 Å². The molecule has 4 aromatic rings. The molecule has 0 unspecified atom stereocenters. The number of amides is 2. The molecule has 33 heavy (non-hydrogen) atoms. The van der Waals surface area contributed by atoms with E-state index in [9.17, 15) is 14.4 Å². The van der Waals surface area contributed by atoms with Crippen molar-refractivity contribution >= 4 is 33.4 Å². The molecule has 7 nitrogen and oxygen atoms in total. The molecule has 0 bridgehead atoms. The van der Waals surface area contributed by atoms with Crippen LogP contribution in [0.3, 0.4) is 0 Å². The van der Waals surface area contributed by atoms with E-state index in [0.717, 1.165) is 21.6 Å². The van der Waals surface area contributed by atoms with Crippen LogP contribution in [0.15, 0.2) is 71.8 Å². The van der Waals surface area contributed by atoms with Gasteiger partial charge in [0.15, 0.2) is 0 Å². The number of carbonyl (C=O) groups excluding carboxylic acids is 2. The SMILES string of the molecule is Cc1c(-c2ccccc2)sc2ncn(CC(=O)N(CCC(N)=O)Cc3ccccc3)c(=O)c12. The average molecular weight is 461 g/mol. The number of aryl methyl sites for hydroxylation is 1. The third kappa shape index (κ3) is 5.01. The molecule has 2 aromatic heterocycles. The summed E-state index contributed by atoms with van der Waals surface area (Å²) in [6.45, 7) is 2.25. The van der Waals surface area contributed by atoms with Crippen molar-refractivity contribution in [3.05, 3.63) is 88.5 Å². The van der Waals surface area contributed by atoms with E-state index < -0.39 is 5.91 Å². The van der Waals surface area contributed by atoms with Crippen LogP contribution in [0, 0.1) is 6.92 Å². The van der Waals surface area contributed by atoms with Crippen LogP contribution in [0.25, 0.3) is 20.7 Å². The Balaban J connectivity index is 1.62. The van der Waals surface area contributed by atoms with E-state index in [4.69, 9.17) is 5.73 Å². The normalized spacial score (nSPS) is 10.9. The maximum Gasteiger partial charge on any atom is 0.262 e. The molecule has 168 valence electrons. The summed E-state index contributed by atoms with van der Waals surface area (Å²) < 4.78 is 1.33. The van der Waals surface area contributed by atoms with Gasteiger partial charge in [-0.25, -0.2) is 4.98 Å². The predicted molar refractivity (Wildman–Crippen MR) is 130 cm³/mol. The number of primary amides is 1. The van der Waals surface area contributed by atoms with Crippen molar-refractivity contribution in [1.82, 2.24) is 14.5 Å². The number of rotatable bonds is 8. The van der Waals surface area contributed by atoms with Crippen molar-refractivity contribution in [2.45, 2.75) is 26.4 Å². The van der Waals surface area contributed by atoms with E-state index in [-0.39, 0.29) is 31.0 Å². The Morgan fingerprint density at radius 1 is 1.06 bits per heavy atom. The molecule has 0 aliphatic carbocycles. The van der Waals surface area contributed by atoms with E-state index in [1.54, 1.807) is 4.90 Å². The second kappa shape index (κ2) is 9.79. The molecule has 4 rings (SSSR count). The fourth-order valence-electron chi connectivity index (χ4n) is 3.72. The molecule has 2 aromatic carbocycles. The molecule has 0 atom stereocenters. The minimum Gasteiger partial charge on any atom is -0.370 e. The van der Waals surface area contributed by atoms with Crippen molar-refractivity contribution < 1.29 is 9.59 Å². The minimum absolute atomic E-state index is 0.0504. The van der Waals surface area contributed by atoms with Gasteiger partial charge < -0.3 is 10.6 Å². The largest absolute Gasteiger partial charge is 0.370 e. The summed E-state index contributed by atoms with van der Waals surface area (Å²) in [5, 5.41) is 0.529. The number of thiophene rings is 1. The number of nitrogens with two attached hydrogens (primary N) is 1. The van der Waals surface area contributed by atoms with Crippen molar-refractivity contribution in [3.63, 3.8) is 0 Å². The van der Waals surface area contributed by atoms with Crippen LogP contribution in [0.1, 0.15) is 17.5 Å². The zero-order valence-corrected chi connectivity index (χ0v) is 19.0. The van der Waals surface area contributed by atoms with E-state index in [2.05, 4.69) is 4.98 Å². The van der Waals surface area contributed by atoms with Crippen LogP contribution < -0.4 is 11.3 Å². The number of hydrogen-bond donors (Lipinski definition) is 1. The first kappa shape index (κ1) is 22.4. The molecule has 0 aliphatic heterocycles. The zero-order chi connectivity index (χ0) is 23.4. The summed E-state index contributed by atoms with van der Waals surface area (Å²) >= 11 is 1.47. The Hall–Kier alpha value is -3.78. The van der Waals surface area contributed by atoms with Gasteiger partial charge in [0, 0.05) is 24.4 Å². The number of aromatic nitrogens is 2. The molecule has 0 aliphatic rings. The summed E-state index contributed by atoms with van der Waals surface area (Å²) in [4.78, 5) is 45.3. The predicted octanol–water partition coefficient (Wildman–Crippen LogP) is 3.34. The first-order chi connectivity index (χ1) is 15.9. The average Bonchev–Trinajstić information content (AvgIpc) is 3.16. The van der Waals surface area contributed by atoms with Crippen molar-refractivity contribution in [3.8, 4) is 10.4 Å². The number of fused-ring (bicyclic) bond motifs is 1. The number of benzene rings is 2. The summed E-state index contributed by atoms with van der Waals surface area (Å²) in [5.41, 5.74) is 7.86. The van der Waals surface area contributed by atoms with Gasteiger partial charge in [-0.1, -0.05) is 60.7 Å². The highest BCUT2D eigenvalue weighted by molar-refractivity contribution is 7.22. The molecule has 0 saturated heterocycles. The second-order valence-electron chi connectivity index (χ2n) is 7.80. The third-order valence-corrected chi connectivity index (χ3v) is 6.70. The first-order valence-corrected chi connectivity index (χ1v) is 11.4. The molecule has 2 amide bonds. The zero-order valence-electron chi connectivity index (χ0n) is 18.2. The van der Waals surface area contributed by atoms with Crippen LogP contribution in [-0.2, 0) is 22.7 Å². The van der Waals surface area contributed by atoms with Crippen molar-refractivity contribution in [2.24, 2.45) is 5.73 Å². The van der Waals surface area contributed by atoms with E-state index >= 15 is 0 Å². The Labute approximate surface area is 195 Å². The summed E-state index contributed by atoms with van der Waals surface area (Å²) in [6, 6.07) is 19.3. The highest BCUT2D eigenvalue weighted by Crippen LogP contribution is 2.35. The molecular weight excluding hydrogens is 436 g/mol. The van der Waals surface area contributed by atoms with Crippen molar-refractivity contribution in [2.75, 3.05) is 6.54 Å². The second-order valence-corrected chi connectivity index (χ2v) is 8.80. The van der Waals surface area contributed by atoms with Gasteiger partial charge in [-0.05, 0) is 23.6 Å².